The van der Waals surface area contributed by atoms with E-state index in [4.69, 9.17) is 16.3 Å². The molecule has 1 aliphatic rings. The molecule has 0 saturated carbocycles. The smallest absolute Gasteiger partial charge is 0.171 e. The summed E-state index contributed by atoms with van der Waals surface area (Å²) in [6.45, 7) is 2.74. The van der Waals surface area contributed by atoms with Gasteiger partial charge < -0.3 is 10.1 Å². The minimum Gasteiger partial charge on any atom is -0.497 e. The van der Waals surface area contributed by atoms with Crippen molar-refractivity contribution in [3.8, 4) is 22.8 Å². The van der Waals surface area contributed by atoms with E-state index in [0.29, 0.717) is 23.0 Å². The van der Waals surface area contributed by atoms with E-state index in [-0.39, 0.29) is 11.7 Å². The van der Waals surface area contributed by atoms with E-state index in [2.05, 4.69) is 22.4 Å². The van der Waals surface area contributed by atoms with Crippen molar-refractivity contribution in [3.63, 3.8) is 0 Å². The molecule has 2 heterocycles. The number of methoxy groups -OCH3 is 1. The van der Waals surface area contributed by atoms with Gasteiger partial charge in [0.15, 0.2) is 5.82 Å². The topological polar surface area (TPSA) is 52.0 Å². The van der Waals surface area contributed by atoms with Crippen LogP contribution < -0.4 is 10.1 Å². The normalized spacial score (nSPS) is 15.8. The molecule has 5 nitrogen and oxygen atoms in total. The average Bonchev–Trinajstić information content (AvgIpc) is 3.00. The number of hydrogen-bond donors (Lipinski definition) is 1. The van der Waals surface area contributed by atoms with Crippen molar-refractivity contribution in [2.45, 2.75) is 12.8 Å². The molecule has 1 aromatic heterocycles. The van der Waals surface area contributed by atoms with Gasteiger partial charge in [-0.05, 0) is 30.3 Å². The molecule has 0 radical (unpaired) electrons. The molecule has 1 atom stereocenters. The van der Waals surface area contributed by atoms with Crippen LogP contribution in [-0.2, 0) is 0 Å². The summed E-state index contributed by atoms with van der Waals surface area (Å²) in [4.78, 5) is 0. The van der Waals surface area contributed by atoms with E-state index in [1.807, 2.05) is 22.8 Å². The van der Waals surface area contributed by atoms with Crippen molar-refractivity contribution in [1.29, 1.82) is 0 Å². The van der Waals surface area contributed by atoms with Gasteiger partial charge in [-0.1, -0.05) is 18.5 Å². The van der Waals surface area contributed by atoms with E-state index in [1.165, 1.54) is 12.1 Å². The quantitative estimate of drug-likeness (QED) is 0.743. The van der Waals surface area contributed by atoms with Crippen LogP contribution in [0.2, 0.25) is 5.02 Å². The standard InChI is InChI=1S/C18H16ClFN4O/c1-10-9-21-15-8-12(25-2)4-6-16(15)24-17(10)22-23-18(24)13-7-11(19)3-5-14(13)20/h3-8,10,21H,9H2,1-2H3. The third kappa shape index (κ3) is 2.62. The van der Waals surface area contributed by atoms with Gasteiger partial charge in [0, 0.05) is 23.6 Å². The molecule has 0 amide bonds. The molecule has 2 aromatic carbocycles. The van der Waals surface area contributed by atoms with Gasteiger partial charge in [0.1, 0.15) is 17.4 Å². The zero-order valence-electron chi connectivity index (χ0n) is 13.8. The van der Waals surface area contributed by atoms with Crippen LogP contribution in [-0.4, -0.2) is 28.4 Å². The van der Waals surface area contributed by atoms with Gasteiger partial charge in [-0.15, -0.1) is 10.2 Å². The van der Waals surface area contributed by atoms with Crippen LogP contribution in [0.15, 0.2) is 36.4 Å². The maximum absolute atomic E-state index is 14.4. The molecule has 4 rings (SSSR count). The fourth-order valence-corrected chi connectivity index (χ4v) is 3.20. The fraction of sp³-hybridized carbons (Fsp3) is 0.222. The zero-order valence-corrected chi connectivity index (χ0v) is 14.5. The summed E-state index contributed by atoms with van der Waals surface area (Å²) in [5.74, 6) is 1.65. The van der Waals surface area contributed by atoms with Gasteiger partial charge in [-0.3, -0.25) is 4.57 Å². The molecule has 1 aliphatic heterocycles. The third-order valence-corrected chi connectivity index (χ3v) is 4.58. The summed E-state index contributed by atoms with van der Waals surface area (Å²) < 4.78 is 21.6. The van der Waals surface area contributed by atoms with Gasteiger partial charge in [0.25, 0.3) is 0 Å². The molecule has 0 spiro atoms. The Balaban J connectivity index is 1.99. The first-order valence-corrected chi connectivity index (χ1v) is 8.29. The lowest BCUT2D eigenvalue weighted by molar-refractivity contribution is 0.415. The third-order valence-electron chi connectivity index (χ3n) is 4.34. The number of nitrogens with one attached hydrogen (secondary N) is 1. The van der Waals surface area contributed by atoms with Crippen molar-refractivity contribution in [2.24, 2.45) is 0 Å². The largest absolute Gasteiger partial charge is 0.497 e. The number of benzene rings is 2. The van der Waals surface area contributed by atoms with Gasteiger partial charge in [-0.25, -0.2) is 4.39 Å². The monoisotopic (exact) mass is 358 g/mol. The Hall–Kier alpha value is -2.60. The Morgan fingerprint density at radius 3 is 2.88 bits per heavy atom. The molecule has 128 valence electrons. The summed E-state index contributed by atoms with van der Waals surface area (Å²) in [5.41, 5.74) is 2.05. The first-order chi connectivity index (χ1) is 12.1. The van der Waals surface area contributed by atoms with Crippen molar-refractivity contribution < 1.29 is 9.13 Å². The Labute approximate surface area is 149 Å². The van der Waals surface area contributed by atoms with Gasteiger partial charge in [0.05, 0.1) is 24.0 Å². The lowest BCUT2D eigenvalue weighted by Crippen LogP contribution is -2.09. The van der Waals surface area contributed by atoms with Crippen LogP contribution in [0.5, 0.6) is 5.75 Å². The number of fused-ring (bicyclic) bond motifs is 3. The number of anilines is 1. The molecule has 1 N–H and O–H groups in total. The summed E-state index contributed by atoms with van der Waals surface area (Å²) in [7, 11) is 1.62. The highest BCUT2D eigenvalue weighted by atomic mass is 35.5. The molecule has 0 bridgehead atoms. The lowest BCUT2D eigenvalue weighted by atomic mass is 10.1. The van der Waals surface area contributed by atoms with Crippen molar-refractivity contribution in [3.05, 3.63) is 53.1 Å². The zero-order chi connectivity index (χ0) is 17.6. The number of hydrogen-bond acceptors (Lipinski definition) is 4. The molecule has 0 fully saturated rings. The number of aromatic nitrogens is 3. The van der Waals surface area contributed by atoms with E-state index in [1.54, 1.807) is 13.2 Å². The van der Waals surface area contributed by atoms with Crippen LogP contribution in [0, 0.1) is 5.82 Å². The summed E-state index contributed by atoms with van der Waals surface area (Å²) in [5, 5.41) is 12.4. The Kier molecular flexibility index (Phi) is 3.84. The lowest BCUT2D eigenvalue weighted by Gasteiger charge is -2.13. The molecule has 1 unspecified atom stereocenters. The number of halogens is 2. The highest BCUT2D eigenvalue weighted by Crippen LogP contribution is 2.36. The molecule has 25 heavy (non-hydrogen) atoms. The van der Waals surface area contributed by atoms with Gasteiger partial charge in [-0.2, -0.15) is 0 Å². The molecular formula is C18H16ClFN4O. The molecule has 0 aliphatic carbocycles. The maximum atomic E-state index is 14.4. The van der Waals surface area contributed by atoms with Crippen molar-refractivity contribution in [1.82, 2.24) is 14.8 Å². The minimum absolute atomic E-state index is 0.0990. The number of rotatable bonds is 2. The SMILES string of the molecule is COc1ccc2c(c1)NCC(C)c1nnc(-c3cc(Cl)ccc3F)n1-2. The second-order valence-electron chi connectivity index (χ2n) is 6.01. The van der Waals surface area contributed by atoms with Gasteiger partial charge in [0.2, 0.25) is 0 Å². The van der Waals surface area contributed by atoms with Crippen molar-refractivity contribution >= 4 is 17.3 Å². The van der Waals surface area contributed by atoms with Gasteiger partial charge >= 0.3 is 0 Å². The fourth-order valence-electron chi connectivity index (χ4n) is 3.03. The Bertz CT molecular complexity index is 956. The van der Waals surface area contributed by atoms with Crippen LogP contribution in [0.1, 0.15) is 18.7 Å². The predicted octanol–water partition coefficient (Wildman–Crippen LogP) is 4.26. The van der Waals surface area contributed by atoms with Crippen LogP contribution in [0.25, 0.3) is 17.1 Å². The molecule has 3 aromatic rings. The van der Waals surface area contributed by atoms with E-state index >= 15 is 0 Å². The number of nitrogens with zero attached hydrogens (tertiary/aromatic N) is 3. The van der Waals surface area contributed by atoms with E-state index < -0.39 is 0 Å². The van der Waals surface area contributed by atoms with Crippen LogP contribution in [0.4, 0.5) is 10.1 Å². The first kappa shape index (κ1) is 15.9. The predicted molar refractivity (Wildman–Crippen MR) is 95.2 cm³/mol. The molecular weight excluding hydrogens is 343 g/mol. The second-order valence-corrected chi connectivity index (χ2v) is 6.44. The summed E-state index contributed by atoms with van der Waals surface area (Å²) in [6, 6.07) is 10.1. The molecule has 0 saturated heterocycles. The van der Waals surface area contributed by atoms with E-state index in [0.717, 1.165) is 22.9 Å². The minimum atomic E-state index is -0.389. The Morgan fingerprint density at radius 1 is 1.24 bits per heavy atom. The Morgan fingerprint density at radius 2 is 2.08 bits per heavy atom. The first-order valence-electron chi connectivity index (χ1n) is 7.91. The highest BCUT2D eigenvalue weighted by Gasteiger charge is 2.26. The maximum Gasteiger partial charge on any atom is 0.171 e. The average molecular weight is 359 g/mol. The second kappa shape index (κ2) is 6.04. The van der Waals surface area contributed by atoms with Crippen LogP contribution in [0.3, 0.4) is 0 Å². The summed E-state index contributed by atoms with van der Waals surface area (Å²) >= 11 is 6.06. The molecule has 7 heteroatoms. The van der Waals surface area contributed by atoms with Crippen LogP contribution >= 0.6 is 11.6 Å². The van der Waals surface area contributed by atoms with E-state index in [9.17, 15) is 4.39 Å². The highest BCUT2D eigenvalue weighted by molar-refractivity contribution is 6.30. The number of ether oxygens (including phenoxy) is 1. The van der Waals surface area contributed by atoms with Crippen molar-refractivity contribution in [2.75, 3.05) is 19.0 Å². The summed E-state index contributed by atoms with van der Waals surface area (Å²) in [6.07, 6.45) is 0.